The van der Waals surface area contributed by atoms with Crippen LogP contribution in [-0.2, 0) is 14.3 Å². The normalized spacial score (nSPS) is 21.8. The zero-order valence-electron chi connectivity index (χ0n) is 17.7. The monoisotopic (exact) mass is 366 g/mol. The number of unbranched alkanes of at least 4 members (excludes halogenated alkanes) is 3. The summed E-state index contributed by atoms with van der Waals surface area (Å²) in [4.78, 5) is 11.4. The van der Waals surface area contributed by atoms with E-state index >= 15 is 0 Å². The van der Waals surface area contributed by atoms with Crippen molar-refractivity contribution in [1.29, 1.82) is 0 Å². The molecule has 1 saturated carbocycles. The van der Waals surface area contributed by atoms with Crippen LogP contribution < -0.4 is 0 Å². The number of esters is 1. The quantitative estimate of drug-likeness (QED) is 0.201. The largest absolute Gasteiger partial charge is 0.466 e. The number of rotatable bonds is 14. The van der Waals surface area contributed by atoms with Crippen molar-refractivity contribution in [3.05, 3.63) is 11.6 Å². The lowest BCUT2D eigenvalue weighted by molar-refractivity contribution is -0.136. The summed E-state index contributed by atoms with van der Waals surface area (Å²) >= 11 is 0. The summed E-state index contributed by atoms with van der Waals surface area (Å²) in [7, 11) is 1.44. The fraction of sp³-hybridized carbons (Fsp3) is 0.870. The molecule has 1 rings (SSSR count). The van der Waals surface area contributed by atoms with E-state index < -0.39 is 0 Å². The number of ether oxygens (including phenoxy) is 2. The SMILES string of the molecule is CCCCOC(C)CCC[C@H]1CCC[C@@H]1CCCCC=C(C)C(=O)OC. The average molecular weight is 367 g/mol. The van der Waals surface area contributed by atoms with E-state index in [0.29, 0.717) is 6.10 Å². The van der Waals surface area contributed by atoms with E-state index in [0.717, 1.165) is 30.4 Å². The molecule has 0 N–H and O–H groups in total. The van der Waals surface area contributed by atoms with Crippen LogP contribution in [0.3, 0.4) is 0 Å². The van der Waals surface area contributed by atoms with Gasteiger partial charge in [-0.05, 0) is 51.4 Å². The van der Waals surface area contributed by atoms with Crippen molar-refractivity contribution < 1.29 is 14.3 Å². The van der Waals surface area contributed by atoms with Crippen LogP contribution in [0.1, 0.15) is 97.8 Å². The Bertz CT molecular complexity index is 402. The molecule has 1 fully saturated rings. The summed E-state index contributed by atoms with van der Waals surface area (Å²) in [5.41, 5.74) is 0.738. The molecule has 0 spiro atoms. The Morgan fingerprint density at radius 2 is 1.81 bits per heavy atom. The maximum absolute atomic E-state index is 11.4. The van der Waals surface area contributed by atoms with E-state index in [4.69, 9.17) is 9.47 Å². The number of hydrogen-bond donors (Lipinski definition) is 0. The molecule has 0 bridgehead atoms. The zero-order chi connectivity index (χ0) is 19.2. The van der Waals surface area contributed by atoms with Gasteiger partial charge < -0.3 is 9.47 Å². The minimum absolute atomic E-state index is 0.200. The number of carbonyl (C=O) groups excluding carboxylic acids is 1. The highest BCUT2D eigenvalue weighted by atomic mass is 16.5. The van der Waals surface area contributed by atoms with Gasteiger partial charge in [0.1, 0.15) is 0 Å². The molecule has 0 saturated heterocycles. The number of allylic oxidation sites excluding steroid dienone is 1. The second-order valence-electron chi connectivity index (χ2n) is 8.08. The number of hydrogen-bond acceptors (Lipinski definition) is 3. The first-order valence-corrected chi connectivity index (χ1v) is 10.9. The van der Waals surface area contributed by atoms with Crippen molar-refractivity contribution in [1.82, 2.24) is 0 Å². The fourth-order valence-electron chi connectivity index (χ4n) is 4.17. The highest BCUT2D eigenvalue weighted by Crippen LogP contribution is 2.38. The minimum Gasteiger partial charge on any atom is -0.466 e. The van der Waals surface area contributed by atoms with E-state index in [1.54, 1.807) is 0 Å². The van der Waals surface area contributed by atoms with Crippen molar-refractivity contribution in [2.45, 2.75) is 104 Å². The molecule has 1 aliphatic carbocycles. The Balaban J connectivity index is 2.14. The summed E-state index contributed by atoms with van der Waals surface area (Å²) < 4.78 is 10.6. The van der Waals surface area contributed by atoms with E-state index in [1.165, 1.54) is 77.7 Å². The van der Waals surface area contributed by atoms with Crippen molar-refractivity contribution in [3.8, 4) is 0 Å². The van der Waals surface area contributed by atoms with Gasteiger partial charge in [0, 0.05) is 12.2 Å². The van der Waals surface area contributed by atoms with Gasteiger partial charge in [-0.25, -0.2) is 4.79 Å². The lowest BCUT2D eigenvalue weighted by Crippen LogP contribution is -2.12. The van der Waals surface area contributed by atoms with Crippen molar-refractivity contribution >= 4 is 5.97 Å². The van der Waals surface area contributed by atoms with Gasteiger partial charge in [-0.15, -0.1) is 0 Å². The molecular formula is C23H42O3. The van der Waals surface area contributed by atoms with Gasteiger partial charge in [-0.2, -0.15) is 0 Å². The molecule has 1 aliphatic rings. The Hall–Kier alpha value is -0.830. The molecule has 3 heteroatoms. The predicted octanol–water partition coefficient (Wildman–Crippen LogP) is 6.46. The Labute approximate surface area is 161 Å². The van der Waals surface area contributed by atoms with Crippen molar-refractivity contribution in [2.24, 2.45) is 11.8 Å². The van der Waals surface area contributed by atoms with Crippen LogP contribution in [0, 0.1) is 11.8 Å². The Kier molecular flexibility index (Phi) is 12.7. The van der Waals surface area contributed by atoms with Gasteiger partial charge in [0.15, 0.2) is 0 Å². The molecule has 152 valence electrons. The van der Waals surface area contributed by atoms with Crippen molar-refractivity contribution in [3.63, 3.8) is 0 Å². The lowest BCUT2D eigenvalue weighted by Gasteiger charge is -2.20. The number of methoxy groups -OCH3 is 1. The minimum atomic E-state index is -0.200. The van der Waals surface area contributed by atoms with Crippen LogP contribution in [0.15, 0.2) is 11.6 Å². The summed E-state index contributed by atoms with van der Waals surface area (Å²) in [6.07, 6.45) is 17.8. The van der Waals surface area contributed by atoms with Gasteiger partial charge in [-0.3, -0.25) is 0 Å². The predicted molar refractivity (Wildman–Crippen MR) is 109 cm³/mol. The maximum atomic E-state index is 11.4. The molecular weight excluding hydrogens is 324 g/mol. The average Bonchev–Trinajstić information content (AvgIpc) is 3.08. The van der Waals surface area contributed by atoms with Gasteiger partial charge in [0.2, 0.25) is 0 Å². The summed E-state index contributed by atoms with van der Waals surface area (Å²) in [5.74, 6) is 1.66. The molecule has 1 unspecified atom stereocenters. The third-order valence-corrected chi connectivity index (χ3v) is 5.89. The first kappa shape index (κ1) is 23.2. The molecule has 3 atom stereocenters. The third kappa shape index (κ3) is 9.75. The van der Waals surface area contributed by atoms with E-state index in [9.17, 15) is 4.79 Å². The van der Waals surface area contributed by atoms with Gasteiger partial charge in [0.05, 0.1) is 13.2 Å². The van der Waals surface area contributed by atoms with Gasteiger partial charge in [0.25, 0.3) is 0 Å². The fourth-order valence-corrected chi connectivity index (χ4v) is 4.17. The topological polar surface area (TPSA) is 35.5 Å². The molecule has 0 aromatic rings. The van der Waals surface area contributed by atoms with Crippen LogP contribution in [0.25, 0.3) is 0 Å². The van der Waals surface area contributed by atoms with E-state index in [2.05, 4.69) is 13.8 Å². The second-order valence-corrected chi connectivity index (χ2v) is 8.08. The van der Waals surface area contributed by atoms with Crippen LogP contribution in [0.5, 0.6) is 0 Å². The molecule has 0 heterocycles. The standard InChI is InChI=1S/C23H42O3/c1-5-6-18-26-20(3)13-10-15-22-17-11-16-21(22)14-9-7-8-12-19(2)23(24)25-4/h12,20-22H,5-11,13-18H2,1-4H3/t20?,21-,22-/m0/s1. The van der Waals surface area contributed by atoms with Gasteiger partial charge in [-0.1, -0.05) is 64.4 Å². The molecule has 0 amide bonds. The molecule has 0 aromatic carbocycles. The second kappa shape index (κ2) is 14.3. The van der Waals surface area contributed by atoms with Gasteiger partial charge >= 0.3 is 5.97 Å². The van der Waals surface area contributed by atoms with Crippen LogP contribution in [0.2, 0.25) is 0 Å². The Morgan fingerprint density at radius 3 is 2.46 bits per heavy atom. The molecule has 0 radical (unpaired) electrons. The van der Waals surface area contributed by atoms with Crippen molar-refractivity contribution in [2.75, 3.05) is 13.7 Å². The molecule has 26 heavy (non-hydrogen) atoms. The third-order valence-electron chi connectivity index (χ3n) is 5.89. The Morgan fingerprint density at radius 1 is 1.12 bits per heavy atom. The smallest absolute Gasteiger partial charge is 0.333 e. The molecule has 3 nitrogen and oxygen atoms in total. The van der Waals surface area contributed by atoms with E-state index in [1.807, 2.05) is 13.0 Å². The van der Waals surface area contributed by atoms with Crippen LogP contribution in [-0.4, -0.2) is 25.8 Å². The first-order chi connectivity index (χ1) is 12.6. The zero-order valence-corrected chi connectivity index (χ0v) is 17.7. The highest BCUT2D eigenvalue weighted by Gasteiger charge is 2.26. The van der Waals surface area contributed by atoms with Crippen LogP contribution in [0.4, 0.5) is 0 Å². The summed E-state index contributed by atoms with van der Waals surface area (Å²) in [6.45, 7) is 7.20. The summed E-state index contributed by atoms with van der Waals surface area (Å²) in [6, 6.07) is 0. The molecule has 0 aromatic heterocycles. The summed E-state index contributed by atoms with van der Waals surface area (Å²) in [5, 5.41) is 0. The molecule has 0 aliphatic heterocycles. The highest BCUT2D eigenvalue weighted by molar-refractivity contribution is 5.87. The maximum Gasteiger partial charge on any atom is 0.333 e. The van der Waals surface area contributed by atoms with Crippen LogP contribution >= 0.6 is 0 Å². The number of carbonyl (C=O) groups is 1. The lowest BCUT2D eigenvalue weighted by atomic mass is 9.87. The van der Waals surface area contributed by atoms with E-state index in [-0.39, 0.29) is 5.97 Å². The first-order valence-electron chi connectivity index (χ1n) is 10.9.